The van der Waals surface area contributed by atoms with Crippen molar-refractivity contribution in [3.8, 4) is 0 Å². The van der Waals surface area contributed by atoms with Crippen molar-refractivity contribution >= 4 is 22.5 Å². The predicted octanol–water partition coefficient (Wildman–Crippen LogP) is 1.65. The number of amides is 1. The van der Waals surface area contributed by atoms with Crippen LogP contribution in [0.4, 0.5) is 5.82 Å². The van der Waals surface area contributed by atoms with E-state index in [0.717, 1.165) is 36.7 Å². The Labute approximate surface area is 123 Å². The number of rotatable bonds is 3. The first-order chi connectivity index (χ1) is 10.3. The maximum Gasteiger partial charge on any atom is 0.267 e. The minimum atomic E-state index is -0.121. The van der Waals surface area contributed by atoms with Crippen molar-refractivity contribution in [2.75, 3.05) is 18.5 Å². The van der Waals surface area contributed by atoms with E-state index in [0.29, 0.717) is 11.4 Å². The number of piperidine rings is 1. The van der Waals surface area contributed by atoms with E-state index in [9.17, 15) is 4.79 Å². The van der Waals surface area contributed by atoms with E-state index >= 15 is 0 Å². The molecule has 0 saturated carbocycles. The number of nitrogens with two attached hydrogens (primary N) is 1. The van der Waals surface area contributed by atoms with Gasteiger partial charge in [0.2, 0.25) is 0 Å². The summed E-state index contributed by atoms with van der Waals surface area (Å²) < 4.78 is 0. The number of aromatic nitrogens is 1. The number of carbonyl (C=O) groups excluding carboxylic acids is 1. The maximum atomic E-state index is 12.5. The third-order valence-electron chi connectivity index (χ3n) is 3.79. The van der Waals surface area contributed by atoms with Crippen LogP contribution in [-0.4, -0.2) is 29.0 Å². The topological polar surface area (TPSA) is 83.3 Å². The quantitative estimate of drug-likeness (QED) is 0.590. The first-order valence-electron chi connectivity index (χ1n) is 7.20. The number of hydrazine groups is 2. The lowest BCUT2D eigenvalue weighted by atomic mass is 10.1. The summed E-state index contributed by atoms with van der Waals surface area (Å²) in [4.78, 5) is 16.7. The zero-order valence-corrected chi connectivity index (χ0v) is 11.8. The first-order valence-corrected chi connectivity index (χ1v) is 7.20. The molecule has 1 amide bonds. The molecule has 0 bridgehead atoms. The summed E-state index contributed by atoms with van der Waals surface area (Å²) in [6.07, 6.45) is 5.04. The van der Waals surface area contributed by atoms with Crippen LogP contribution in [0.5, 0.6) is 0 Å². The smallest absolute Gasteiger partial charge is 0.267 e. The number of hydrogen-bond donors (Lipinski definition) is 3. The van der Waals surface area contributed by atoms with E-state index in [2.05, 4.69) is 15.8 Å². The highest BCUT2D eigenvalue weighted by molar-refractivity contribution is 6.09. The second-order valence-corrected chi connectivity index (χ2v) is 5.20. The molecule has 0 atom stereocenters. The molecule has 1 fully saturated rings. The van der Waals surface area contributed by atoms with Crippen LogP contribution in [0.25, 0.3) is 10.8 Å². The monoisotopic (exact) mass is 285 g/mol. The fourth-order valence-corrected chi connectivity index (χ4v) is 2.70. The fraction of sp³-hybridized carbons (Fsp3) is 0.333. The Hall–Kier alpha value is -2.18. The minimum Gasteiger partial charge on any atom is -0.308 e. The highest BCUT2D eigenvalue weighted by atomic mass is 16.2. The van der Waals surface area contributed by atoms with Gasteiger partial charge in [-0.2, -0.15) is 0 Å². The number of anilines is 1. The molecule has 0 aliphatic carbocycles. The second-order valence-electron chi connectivity index (χ2n) is 5.20. The van der Waals surface area contributed by atoms with Crippen molar-refractivity contribution < 1.29 is 4.79 Å². The van der Waals surface area contributed by atoms with Gasteiger partial charge in [-0.25, -0.2) is 15.8 Å². The van der Waals surface area contributed by atoms with Gasteiger partial charge >= 0.3 is 0 Å². The summed E-state index contributed by atoms with van der Waals surface area (Å²) in [6, 6.07) is 7.61. The third kappa shape index (κ3) is 2.81. The zero-order chi connectivity index (χ0) is 14.7. The second kappa shape index (κ2) is 6.07. The van der Waals surface area contributed by atoms with E-state index in [1.807, 2.05) is 29.3 Å². The van der Waals surface area contributed by atoms with Gasteiger partial charge in [0, 0.05) is 24.7 Å². The summed E-state index contributed by atoms with van der Waals surface area (Å²) in [7, 11) is 0. The van der Waals surface area contributed by atoms with E-state index in [-0.39, 0.29) is 5.91 Å². The molecule has 1 saturated heterocycles. The summed E-state index contributed by atoms with van der Waals surface area (Å²) in [5.74, 6) is 5.92. The Balaban J connectivity index is 1.91. The van der Waals surface area contributed by atoms with Crippen LogP contribution in [0.1, 0.15) is 29.6 Å². The van der Waals surface area contributed by atoms with Crippen LogP contribution >= 0.6 is 0 Å². The van der Waals surface area contributed by atoms with Crippen molar-refractivity contribution in [3.63, 3.8) is 0 Å². The average molecular weight is 285 g/mol. The normalized spacial score (nSPS) is 15.9. The minimum absolute atomic E-state index is 0.121. The Bertz CT molecular complexity index is 652. The van der Waals surface area contributed by atoms with Crippen molar-refractivity contribution in [2.45, 2.75) is 19.3 Å². The molecule has 0 radical (unpaired) electrons. The molecule has 110 valence electrons. The molecule has 2 heterocycles. The molecule has 0 spiro atoms. The molecule has 21 heavy (non-hydrogen) atoms. The zero-order valence-electron chi connectivity index (χ0n) is 11.8. The Morgan fingerprint density at radius 1 is 1.14 bits per heavy atom. The SMILES string of the molecule is NNc1ncc(C(=O)NN2CCCCC2)c2ccccc12. The van der Waals surface area contributed by atoms with Crippen LogP contribution in [0.2, 0.25) is 0 Å². The van der Waals surface area contributed by atoms with Crippen LogP contribution < -0.4 is 16.7 Å². The summed E-state index contributed by atoms with van der Waals surface area (Å²) in [5.41, 5.74) is 6.10. The van der Waals surface area contributed by atoms with Crippen LogP contribution in [0.15, 0.2) is 30.5 Å². The molecule has 1 aliphatic rings. The van der Waals surface area contributed by atoms with Gasteiger partial charge in [-0.15, -0.1) is 0 Å². The molecule has 1 aliphatic heterocycles. The number of fused-ring (bicyclic) bond motifs is 1. The highest BCUT2D eigenvalue weighted by Crippen LogP contribution is 2.23. The predicted molar refractivity (Wildman–Crippen MR) is 82.4 cm³/mol. The Kier molecular flexibility index (Phi) is 3.98. The van der Waals surface area contributed by atoms with E-state index in [4.69, 9.17) is 5.84 Å². The van der Waals surface area contributed by atoms with Crippen molar-refractivity contribution in [1.29, 1.82) is 0 Å². The standard InChI is InChI=1S/C15H19N5O/c16-18-14-12-7-3-2-6-11(12)13(10-17-14)15(21)19-20-8-4-1-5-9-20/h2-3,6-7,10H,1,4-5,8-9,16H2,(H,17,18)(H,19,21). The molecule has 0 unspecified atom stereocenters. The lowest BCUT2D eigenvalue weighted by molar-refractivity contribution is 0.0751. The van der Waals surface area contributed by atoms with Gasteiger partial charge < -0.3 is 5.43 Å². The molecule has 3 rings (SSSR count). The maximum absolute atomic E-state index is 12.5. The van der Waals surface area contributed by atoms with Gasteiger partial charge in [-0.1, -0.05) is 30.7 Å². The molecule has 1 aromatic carbocycles. The fourth-order valence-electron chi connectivity index (χ4n) is 2.70. The van der Waals surface area contributed by atoms with Crippen LogP contribution in [0, 0.1) is 0 Å². The molecule has 2 aromatic rings. The summed E-state index contributed by atoms with van der Waals surface area (Å²) in [5, 5.41) is 3.66. The lowest BCUT2D eigenvalue weighted by Crippen LogP contribution is -2.45. The Morgan fingerprint density at radius 2 is 1.86 bits per heavy atom. The van der Waals surface area contributed by atoms with Gasteiger partial charge in [-0.05, 0) is 18.2 Å². The number of carbonyl (C=O) groups is 1. The Morgan fingerprint density at radius 3 is 2.57 bits per heavy atom. The number of nitrogens with zero attached hydrogens (tertiary/aromatic N) is 2. The van der Waals surface area contributed by atoms with Crippen LogP contribution in [0.3, 0.4) is 0 Å². The van der Waals surface area contributed by atoms with E-state index in [1.165, 1.54) is 6.42 Å². The summed E-state index contributed by atoms with van der Waals surface area (Å²) in [6.45, 7) is 1.80. The van der Waals surface area contributed by atoms with E-state index < -0.39 is 0 Å². The number of nitrogens with one attached hydrogen (secondary N) is 2. The van der Waals surface area contributed by atoms with E-state index in [1.54, 1.807) is 6.20 Å². The molecule has 6 nitrogen and oxygen atoms in total. The molecule has 1 aromatic heterocycles. The molecule has 4 N–H and O–H groups in total. The van der Waals surface area contributed by atoms with Gasteiger partial charge in [0.05, 0.1) is 5.56 Å². The molecular formula is C15H19N5O. The third-order valence-corrected chi connectivity index (χ3v) is 3.79. The van der Waals surface area contributed by atoms with Gasteiger partial charge in [0.15, 0.2) is 0 Å². The molecular weight excluding hydrogens is 266 g/mol. The van der Waals surface area contributed by atoms with Crippen LogP contribution in [-0.2, 0) is 0 Å². The van der Waals surface area contributed by atoms with Crippen molar-refractivity contribution in [3.05, 3.63) is 36.0 Å². The number of nitrogen functional groups attached to an aromatic ring is 1. The molecule has 6 heteroatoms. The first kappa shape index (κ1) is 13.8. The average Bonchev–Trinajstić information content (AvgIpc) is 2.54. The highest BCUT2D eigenvalue weighted by Gasteiger charge is 2.17. The van der Waals surface area contributed by atoms with Crippen molar-refractivity contribution in [1.82, 2.24) is 15.4 Å². The van der Waals surface area contributed by atoms with Gasteiger partial charge in [-0.3, -0.25) is 10.2 Å². The van der Waals surface area contributed by atoms with Gasteiger partial charge in [0.25, 0.3) is 5.91 Å². The number of hydrogen-bond acceptors (Lipinski definition) is 5. The lowest BCUT2D eigenvalue weighted by Gasteiger charge is -2.27. The van der Waals surface area contributed by atoms with Crippen molar-refractivity contribution in [2.24, 2.45) is 5.84 Å². The number of pyridine rings is 1. The summed E-state index contributed by atoms with van der Waals surface area (Å²) >= 11 is 0. The van der Waals surface area contributed by atoms with Gasteiger partial charge in [0.1, 0.15) is 5.82 Å². The largest absolute Gasteiger partial charge is 0.308 e. The number of benzene rings is 1.